The van der Waals surface area contributed by atoms with Gasteiger partial charge < -0.3 is 14.8 Å². The number of carbonyl (C=O) groups excluding carboxylic acids is 2. The van der Waals surface area contributed by atoms with Crippen molar-refractivity contribution in [1.82, 2.24) is 5.32 Å². The molecule has 0 bridgehead atoms. The number of amides is 1. The Bertz CT molecular complexity index is 320. The van der Waals surface area contributed by atoms with E-state index in [1.165, 1.54) is 0 Å². The lowest BCUT2D eigenvalue weighted by atomic mass is 10.2. The minimum absolute atomic E-state index is 0.0316. The average molecular weight is 241 g/mol. The summed E-state index contributed by atoms with van der Waals surface area (Å²) in [5.74, 6) is 4.86. The molecule has 0 fully saturated rings. The number of hydrogen-bond acceptors (Lipinski definition) is 4. The quantitative estimate of drug-likeness (QED) is 0.600. The fraction of sp³-hybridized carbons (Fsp3) is 0.667. The Kier molecular flexibility index (Phi) is 6.80. The van der Waals surface area contributed by atoms with E-state index in [9.17, 15) is 9.59 Å². The van der Waals surface area contributed by atoms with Crippen LogP contribution in [0.25, 0.3) is 0 Å². The molecule has 17 heavy (non-hydrogen) atoms. The van der Waals surface area contributed by atoms with Crippen LogP contribution in [0.2, 0.25) is 0 Å². The summed E-state index contributed by atoms with van der Waals surface area (Å²) in [5, 5.41) is 2.46. The lowest BCUT2D eigenvalue weighted by molar-refractivity contribution is -0.141. The molecule has 0 unspecified atom stereocenters. The van der Waals surface area contributed by atoms with Crippen molar-refractivity contribution >= 4 is 12.1 Å². The van der Waals surface area contributed by atoms with Gasteiger partial charge in [-0.25, -0.2) is 4.79 Å². The molecule has 0 heterocycles. The number of rotatable bonds is 3. The van der Waals surface area contributed by atoms with Crippen LogP contribution in [-0.2, 0) is 14.3 Å². The van der Waals surface area contributed by atoms with E-state index in [-0.39, 0.29) is 18.9 Å². The van der Waals surface area contributed by atoms with Crippen LogP contribution in [0, 0.1) is 11.8 Å². The highest BCUT2D eigenvalue weighted by molar-refractivity contribution is 5.72. The Balaban J connectivity index is 3.74. The fourth-order valence-electron chi connectivity index (χ4n) is 0.840. The van der Waals surface area contributed by atoms with Crippen LogP contribution in [0.1, 0.15) is 34.1 Å². The molecule has 1 amide bonds. The highest BCUT2D eigenvalue weighted by Crippen LogP contribution is 2.05. The normalized spacial score (nSPS) is 9.88. The number of esters is 1. The molecule has 0 aliphatic carbocycles. The maximum absolute atomic E-state index is 11.2. The molecule has 0 atom stereocenters. The molecule has 5 heteroatoms. The van der Waals surface area contributed by atoms with Gasteiger partial charge in [-0.15, -0.1) is 0 Å². The monoisotopic (exact) mass is 241 g/mol. The maximum atomic E-state index is 11.2. The molecule has 0 saturated heterocycles. The summed E-state index contributed by atoms with van der Waals surface area (Å²) in [6.45, 7) is 7.55. The molecule has 0 aromatic rings. The van der Waals surface area contributed by atoms with Gasteiger partial charge in [0.2, 0.25) is 0 Å². The van der Waals surface area contributed by atoms with Gasteiger partial charge >= 0.3 is 12.1 Å². The molecule has 0 aromatic heterocycles. The fourth-order valence-corrected chi connectivity index (χ4v) is 0.840. The third kappa shape index (κ3) is 10.6. The largest absolute Gasteiger partial charge is 0.465 e. The van der Waals surface area contributed by atoms with Gasteiger partial charge in [0.15, 0.2) is 0 Å². The third-order valence-electron chi connectivity index (χ3n) is 1.38. The van der Waals surface area contributed by atoms with Gasteiger partial charge in [-0.1, -0.05) is 11.8 Å². The van der Waals surface area contributed by atoms with Gasteiger partial charge in [-0.3, -0.25) is 4.79 Å². The Labute approximate surface area is 102 Å². The first-order valence-corrected chi connectivity index (χ1v) is 5.43. The van der Waals surface area contributed by atoms with Crippen molar-refractivity contribution < 1.29 is 19.1 Å². The van der Waals surface area contributed by atoms with Crippen molar-refractivity contribution in [3.63, 3.8) is 0 Å². The second-order valence-electron chi connectivity index (χ2n) is 4.19. The molecular formula is C12H19NO4. The lowest BCUT2D eigenvalue weighted by Gasteiger charge is -2.18. The van der Waals surface area contributed by atoms with Gasteiger partial charge in [-0.2, -0.15) is 0 Å². The highest BCUT2D eigenvalue weighted by atomic mass is 16.6. The van der Waals surface area contributed by atoms with Crippen molar-refractivity contribution in [3.8, 4) is 11.8 Å². The standard InChI is InChI=1S/C12H19NO4/c1-5-16-10(14)8-6-7-9-13-11(15)17-12(2,3)4/h5,8-9H2,1-4H3,(H,13,15). The van der Waals surface area contributed by atoms with Gasteiger partial charge in [0.1, 0.15) is 12.0 Å². The highest BCUT2D eigenvalue weighted by Gasteiger charge is 2.14. The van der Waals surface area contributed by atoms with E-state index < -0.39 is 11.7 Å². The van der Waals surface area contributed by atoms with E-state index in [1.54, 1.807) is 27.7 Å². The number of carbonyl (C=O) groups is 2. The predicted octanol–water partition coefficient (Wildman–Crippen LogP) is 1.47. The minimum Gasteiger partial charge on any atom is -0.465 e. The summed E-state index contributed by atoms with van der Waals surface area (Å²) < 4.78 is 9.68. The molecule has 1 N–H and O–H groups in total. The van der Waals surface area contributed by atoms with Crippen LogP contribution in [0.3, 0.4) is 0 Å². The molecule has 0 aliphatic rings. The average Bonchev–Trinajstić information content (AvgIpc) is 2.14. The second-order valence-corrected chi connectivity index (χ2v) is 4.19. The lowest BCUT2D eigenvalue weighted by Crippen LogP contribution is -2.32. The van der Waals surface area contributed by atoms with Crippen LogP contribution in [0.4, 0.5) is 4.79 Å². The number of alkyl carbamates (subject to hydrolysis) is 1. The molecule has 0 spiro atoms. The predicted molar refractivity (Wildman–Crippen MR) is 63.3 cm³/mol. The molecule has 0 radical (unpaired) electrons. The Morgan fingerprint density at radius 2 is 1.88 bits per heavy atom. The van der Waals surface area contributed by atoms with Crippen LogP contribution < -0.4 is 5.32 Å². The zero-order valence-electron chi connectivity index (χ0n) is 10.8. The summed E-state index contributed by atoms with van der Waals surface area (Å²) in [6.07, 6.45) is -0.493. The molecule has 5 nitrogen and oxygen atoms in total. The molecule has 0 aliphatic heterocycles. The summed E-state index contributed by atoms with van der Waals surface area (Å²) in [5.41, 5.74) is -0.525. The summed E-state index contributed by atoms with van der Waals surface area (Å²) in [7, 11) is 0. The maximum Gasteiger partial charge on any atom is 0.408 e. The van der Waals surface area contributed by atoms with Crippen LogP contribution in [0.5, 0.6) is 0 Å². The molecular weight excluding hydrogens is 222 g/mol. The van der Waals surface area contributed by atoms with Crippen LogP contribution in [-0.4, -0.2) is 30.8 Å². The second kappa shape index (κ2) is 7.55. The smallest absolute Gasteiger partial charge is 0.408 e. The zero-order valence-corrected chi connectivity index (χ0v) is 10.8. The van der Waals surface area contributed by atoms with E-state index in [1.807, 2.05) is 0 Å². The van der Waals surface area contributed by atoms with Gasteiger partial charge in [0.05, 0.1) is 13.2 Å². The third-order valence-corrected chi connectivity index (χ3v) is 1.38. The number of nitrogens with one attached hydrogen (secondary N) is 1. The zero-order chi connectivity index (χ0) is 13.3. The number of hydrogen-bond donors (Lipinski definition) is 1. The molecule has 0 aromatic carbocycles. The first-order valence-electron chi connectivity index (χ1n) is 5.43. The SMILES string of the molecule is CCOC(=O)CC#CCNC(=O)OC(C)(C)C. The Hall–Kier alpha value is -1.70. The number of ether oxygens (including phenoxy) is 2. The molecule has 0 rings (SSSR count). The summed E-state index contributed by atoms with van der Waals surface area (Å²) >= 11 is 0. The van der Waals surface area contributed by atoms with Crippen molar-refractivity contribution in [1.29, 1.82) is 0 Å². The first kappa shape index (κ1) is 15.3. The van der Waals surface area contributed by atoms with E-state index in [2.05, 4.69) is 21.9 Å². The topological polar surface area (TPSA) is 64.6 Å². The van der Waals surface area contributed by atoms with Gasteiger partial charge in [0.25, 0.3) is 0 Å². The van der Waals surface area contributed by atoms with Crippen molar-refractivity contribution in [3.05, 3.63) is 0 Å². The van der Waals surface area contributed by atoms with Crippen LogP contribution >= 0.6 is 0 Å². The molecule has 0 saturated carbocycles. The summed E-state index contributed by atoms with van der Waals surface area (Å²) in [6, 6.07) is 0. The van der Waals surface area contributed by atoms with Crippen molar-refractivity contribution in [2.45, 2.75) is 39.7 Å². The minimum atomic E-state index is -0.525. The van der Waals surface area contributed by atoms with Crippen molar-refractivity contribution in [2.75, 3.05) is 13.2 Å². The first-order chi connectivity index (χ1) is 7.85. The Morgan fingerprint density at radius 1 is 1.24 bits per heavy atom. The van der Waals surface area contributed by atoms with Crippen LogP contribution in [0.15, 0.2) is 0 Å². The van der Waals surface area contributed by atoms with E-state index >= 15 is 0 Å². The summed E-state index contributed by atoms with van der Waals surface area (Å²) in [4.78, 5) is 22.1. The van der Waals surface area contributed by atoms with Gasteiger partial charge in [-0.05, 0) is 27.7 Å². The van der Waals surface area contributed by atoms with Crippen molar-refractivity contribution in [2.24, 2.45) is 0 Å². The molecule has 96 valence electrons. The van der Waals surface area contributed by atoms with Gasteiger partial charge in [0, 0.05) is 0 Å². The van der Waals surface area contributed by atoms with E-state index in [0.717, 1.165) is 0 Å². The Morgan fingerprint density at radius 3 is 2.41 bits per heavy atom. The van der Waals surface area contributed by atoms with E-state index in [4.69, 9.17) is 4.74 Å². The van der Waals surface area contributed by atoms with E-state index in [0.29, 0.717) is 6.61 Å².